The van der Waals surface area contributed by atoms with E-state index in [9.17, 15) is 4.79 Å². The minimum absolute atomic E-state index is 0. The number of carbonyl (C=O) groups is 2. The van der Waals surface area contributed by atoms with Crippen LogP contribution in [-0.2, 0) is 37.0 Å². The van der Waals surface area contributed by atoms with E-state index >= 15 is 0 Å². The molecule has 130 valence electrons. The van der Waals surface area contributed by atoms with Gasteiger partial charge in [-0.05, 0) is 0 Å². The molecule has 5 N–H and O–H groups in total. The van der Waals surface area contributed by atoms with Crippen molar-refractivity contribution in [3.8, 4) is 0 Å². The van der Waals surface area contributed by atoms with Crippen molar-refractivity contribution in [2.24, 2.45) is 0 Å². The minimum atomic E-state index is -5.17. The first-order chi connectivity index (χ1) is 9.31. The molecule has 1 aliphatic heterocycles. The Balaban J connectivity index is -0.000000140. The summed E-state index contributed by atoms with van der Waals surface area (Å²) in [4.78, 5) is 19.0. The van der Waals surface area contributed by atoms with Gasteiger partial charge in [-0.1, -0.05) is 0 Å². The van der Waals surface area contributed by atoms with Gasteiger partial charge in [-0.15, -0.1) is 0 Å². The molecule has 0 bridgehead atoms. The van der Waals surface area contributed by atoms with Crippen LogP contribution in [0.3, 0.4) is 0 Å². The molecule has 1 rings (SSSR count). The summed E-state index contributed by atoms with van der Waals surface area (Å²) in [7, 11) is -5.17. The molecule has 1 aliphatic rings. The van der Waals surface area contributed by atoms with Crippen molar-refractivity contribution in [1.29, 1.82) is 0 Å². The number of rotatable bonds is 2. The van der Waals surface area contributed by atoms with E-state index < -0.39 is 52.9 Å². The molecule has 0 amide bonds. The topological polar surface area (TPSA) is 248 Å². The first-order valence-corrected chi connectivity index (χ1v) is 5.83. The van der Waals surface area contributed by atoms with Crippen LogP contribution in [-0.4, -0.2) is 74.0 Å². The smallest absolute Gasteiger partial charge is 0.759 e. The number of ether oxygens (including phenoxy) is 1. The van der Waals surface area contributed by atoms with Crippen LogP contribution in [0.25, 0.3) is 0 Å². The Bertz CT molecular complexity index is 490. The summed E-state index contributed by atoms with van der Waals surface area (Å²) in [6.07, 6.45) is -4.86. The van der Waals surface area contributed by atoms with E-state index in [0.717, 1.165) is 0 Å². The molecule has 0 spiro atoms. The van der Waals surface area contributed by atoms with E-state index in [-0.39, 0.29) is 46.6 Å². The van der Waals surface area contributed by atoms with Crippen molar-refractivity contribution >= 4 is 22.5 Å². The zero-order valence-corrected chi connectivity index (χ0v) is 15.0. The third-order valence-corrected chi connectivity index (χ3v) is 1.48. The van der Waals surface area contributed by atoms with Crippen LogP contribution in [0, 0.1) is 0 Å². The molecule has 0 radical (unpaired) electrons. The fraction of sp³-hybridized carbons (Fsp3) is 0.429. The van der Waals surface area contributed by atoms with Gasteiger partial charge in [0.2, 0.25) is 11.9 Å². The van der Waals surface area contributed by atoms with Crippen LogP contribution in [0.5, 0.6) is 0 Å². The van der Waals surface area contributed by atoms with E-state index in [1.54, 1.807) is 0 Å². The number of hydrogen-bond acceptors (Lipinski definition) is 12. The fourth-order valence-electron chi connectivity index (χ4n) is 0.823. The normalized spacial score (nSPS) is 17.0. The summed E-state index contributed by atoms with van der Waals surface area (Å²) < 4.78 is 38.4. The molecule has 13 nitrogen and oxygen atoms in total. The molecular weight excluding hydrogens is 403 g/mol. The van der Waals surface area contributed by atoms with Crippen LogP contribution >= 0.6 is 0 Å². The van der Waals surface area contributed by atoms with E-state index in [0.29, 0.717) is 0 Å². The number of cyclic esters (lactones) is 1. The van der Waals surface area contributed by atoms with Crippen molar-refractivity contribution in [2.75, 3.05) is 6.61 Å². The van der Waals surface area contributed by atoms with Crippen molar-refractivity contribution in [1.82, 2.24) is 0 Å². The minimum Gasteiger partial charge on any atom is -0.759 e. The summed E-state index contributed by atoms with van der Waals surface area (Å²) in [5, 5.41) is 50.4. The SMILES string of the molecule is O=C([O-])O.O=C1O[C@H]([C@@H](O)CO)C(O)=C1O.O=S(=O)([O-])[O-].[Fe+2].[Na+]. The summed E-state index contributed by atoms with van der Waals surface area (Å²) >= 11 is 0. The molecular formula is C7H9FeNaO13S. The molecule has 0 unspecified atom stereocenters. The summed E-state index contributed by atoms with van der Waals surface area (Å²) in [5.74, 6) is -2.78. The van der Waals surface area contributed by atoms with Crippen molar-refractivity contribution < 1.29 is 109 Å². The molecule has 0 saturated carbocycles. The first-order valence-electron chi connectivity index (χ1n) is 4.49. The molecule has 0 fully saturated rings. The van der Waals surface area contributed by atoms with Crippen LogP contribution in [0.4, 0.5) is 4.79 Å². The Morgan fingerprint density at radius 2 is 1.61 bits per heavy atom. The van der Waals surface area contributed by atoms with Gasteiger partial charge in [-0.25, -0.2) is 4.79 Å². The molecule has 0 aliphatic carbocycles. The third-order valence-electron chi connectivity index (χ3n) is 1.48. The van der Waals surface area contributed by atoms with Crippen molar-refractivity contribution in [3.63, 3.8) is 0 Å². The zero-order valence-electron chi connectivity index (χ0n) is 11.1. The van der Waals surface area contributed by atoms with Gasteiger partial charge in [0.05, 0.1) is 6.61 Å². The van der Waals surface area contributed by atoms with Gasteiger partial charge >= 0.3 is 52.6 Å². The van der Waals surface area contributed by atoms with Gasteiger partial charge in [0.25, 0.3) is 0 Å². The molecule has 16 heteroatoms. The first kappa shape index (κ1) is 30.3. The quantitative estimate of drug-likeness (QED) is 0.123. The fourth-order valence-corrected chi connectivity index (χ4v) is 0.823. The van der Waals surface area contributed by atoms with Gasteiger partial charge in [-0.2, -0.15) is 0 Å². The van der Waals surface area contributed by atoms with Gasteiger partial charge in [0.1, 0.15) is 6.10 Å². The maximum atomic E-state index is 10.5. The average Bonchev–Trinajstić information content (AvgIpc) is 2.53. The van der Waals surface area contributed by atoms with E-state index in [4.69, 9.17) is 53.0 Å². The molecule has 0 aromatic rings. The molecule has 0 aromatic carbocycles. The van der Waals surface area contributed by atoms with Gasteiger partial charge in [0.15, 0.2) is 11.9 Å². The molecule has 0 aromatic heterocycles. The zero-order chi connectivity index (χ0) is 17.4. The van der Waals surface area contributed by atoms with Gasteiger partial charge in [0, 0.05) is 10.4 Å². The van der Waals surface area contributed by atoms with E-state index in [2.05, 4.69) is 4.74 Å². The van der Waals surface area contributed by atoms with E-state index in [1.165, 1.54) is 0 Å². The summed E-state index contributed by atoms with van der Waals surface area (Å²) in [6.45, 7) is -0.671. The molecule has 0 saturated heterocycles. The second-order valence-electron chi connectivity index (χ2n) is 2.98. The van der Waals surface area contributed by atoms with Crippen LogP contribution in [0.2, 0.25) is 0 Å². The Morgan fingerprint density at radius 1 is 1.30 bits per heavy atom. The Hall–Kier alpha value is -0.611. The largest absolute Gasteiger partial charge is 2.00 e. The second kappa shape index (κ2) is 13.8. The van der Waals surface area contributed by atoms with E-state index in [1.807, 2.05) is 0 Å². The third kappa shape index (κ3) is 17.6. The number of hydrogen-bond donors (Lipinski definition) is 5. The summed E-state index contributed by atoms with van der Waals surface area (Å²) in [6, 6.07) is 0. The molecule has 2 atom stereocenters. The number of carboxylic acid groups (broad SMARTS) is 2. The maximum Gasteiger partial charge on any atom is 2.00 e. The van der Waals surface area contributed by atoms with Crippen LogP contribution in [0.1, 0.15) is 0 Å². The number of carbonyl (C=O) groups excluding carboxylic acids is 1. The number of esters is 1. The predicted octanol–water partition coefficient (Wildman–Crippen LogP) is -6.86. The number of aliphatic hydroxyl groups excluding tert-OH is 4. The molecule has 23 heavy (non-hydrogen) atoms. The Kier molecular flexibility index (Phi) is 18.2. The monoisotopic (exact) mass is 412 g/mol. The van der Waals surface area contributed by atoms with Crippen LogP contribution in [0.15, 0.2) is 11.5 Å². The van der Waals surface area contributed by atoms with Gasteiger partial charge in [-0.3, -0.25) is 8.42 Å². The average molecular weight is 412 g/mol. The van der Waals surface area contributed by atoms with Crippen molar-refractivity contribution in [3.05, 3.63) is 11.5 Å². The number of aliphatic hydroxyl groups is 4. The maximum absolute atomic E-state index is 10.5. The molecule has 1 heterocycles. The summed E-state index contributed by atoms with van der Waals surface area (Å²) in [5.41, 5.74) is 0. The van der Waals surface area contributed by atoms with Crippen LogP contribution < -0.4 is 34.7 Å². The Morgan fingerprint density at radius 3 is 1.78 bits per heavy atom. The standard InChI is InChI=1S/C6H8O6.CH2O3.Fe.Na.H2O4S/c7-1-2(8)5-3(9)4(10)6(11)12-5;2-1(3)4;;;1-5(2,3)4/h2,5,7-10H,1H2;(H2,2,3,4);;;(H2,1,2,3,4)/q;;+2;+1;/p-3/t2-,5+;;;;/m0..../s1. The predicted molar refractivity (Wildman–Crippen MR) is 53.8 cm³/mol. The van der Waals surface area contributed by atoms with Gasteiger partial charge < -0.3 is 49.3 Å². The second-order valence-corrected chi connectivity index (χ2v) is 3.80. The van der Waals surface area contributed by atoms with Crippen molar-refractivity contribution in [2.45, 2.75) is 12.2 Å². The Labute approximate surface area is 161 Å².